The highest BCUT2D eigenvalue weighted by molar-refractivity contribution is 9.10. The Labute approximate surface area is 132 Å². The summed E-state index contributed by atoms with van der Waals surface area (Å²) in [6.45, 7) is 0. The SMILES string of the molecule is Nc1cc(Br)ccc1S(=O)CC(=O)Nc1ccccc1F. The van der Waals surface area contributed by atoms with Crippen molar-refractivity contribution in [1.82, 2.24) is 0 Å². The fraction of sp³-hybridized carbons (Fsp3) is 0.0714. The molecule has 0 aliphatic rings. The van der Waals surface area contributed by atoms with E-state index in [0.717, 1.165) is 4.47 Å². The topological polar surface area (TPSA) is 72.2 Å². The van der Waals surface area contributed by atoms with Crippen molar-refractivity contribution in [2.24, 2.45) is 0 Å². The average molecular weight is 371 g/mol. The van der Waals surface area contributed by atoms with Gasteiger partial charge in [-0.3, -0.25) is 9.00 Å². The predicted molar refractivity (Wildman–Crippen MR) is 84.9 cm³/mol. The number of carbonyl (C=O) groups excluding carboxylic acids is 1. The van der Waals surface area contributed by atoms with E-state index in [2.05, 4.69) is 21.2 Å². The highest BCUT2D eigenvalue weighted by Gasteiger charge is 2.14. The maximum atomic E-state index is 13.4. The molecule has 1 atom stereocenters. The molecular weight excluding hydrogens is 359 g/mol. The number of halogens is 2. The predicted octanol–water partition coefficient (Wildman–Crippen LogP) is 2.92. The van der Waals surface area contributed by atoms with Crippen LogP contribution >= 0.6 is 15.9 Å². The molecular formula is C14H12BrFN2O2S. The Morgan fingerprint density at radius 3 is 2.67 bits per heavy atom. The summed E-state index contributed by atoms with van der Waals surface area (Å²) in [6.07, 6.45) is 0. The van der Waals surface area contributed by atoms with Gasteiger partial charge in [0.05, 0.1) is 21.4 Å². The molecule has 0 saturated carbocycles. The second kappa shape index (κ2) is 6.82. The van der Waals surface area contributed by atoms with E-state index >= 15 is 0 Å². The number of rotatable bonds is 4. The average Bonchev–Trinajstić information content (AvgIpc) is 2.41. The molecule has 0 aliphatic carbocycles. The minimum absolute atomic E-state index is 0.0586. The quantitative estimate of drug-likeness (QED) is 0.812. The molecule has 4 nitrogen and oxygen atoms in total. The normalized spacial score (nSPS) is 11.9. The summed E-state index contributed by atoms with van der Waals surface area (Å²) in [5.74, 6) is -1.37. The first-order valence-electron chi connectivity index (χ1n) is 5.95. The molecule has 2 rings (SSSR count). The van der Waals surface area contributed by atoms with Gasteiger partial charge < -0.3 is 11.1 Å². The molecule has 0 spiro atoms. The van der Waals surface area contributed by atoms with Crippen LogP contribution in [0.4, 0.5) is 15.8 Å². The van der Waals surface area contributed by atoms with Crippen molar-refractivity contribution in [2.75, 3.05) is 16.8 Å². The first-order valence-corrected chi connectivity index (χ1v) is 8.06. The van der Waals surface area contributed by atoms with E-state index in [1.54, 1.807) is 24.3 Å². The Morgan fingerprint density at radius 2 is 2.00 bits per heavy atom. The van der Waals surface area contributed by atoms with Gasteiger partial charge in [-0.1, -0.05) is 28.1 Å². The van der Waals surface area contributed by atoms with E-state index in [0.29, 0.717) is 10.6 Å². The third-order valence-corrected chi connectivity index (χ3v) is 4.51. The standard InChI is InChI=1S/C14H12BrFN2O2S/c15-9-5-6-13(11(17)7-9)21(20)8-14(19)18-12-4-2-1-3-10(12)16/h1-7H,8,17H2,(H,18,19). The second-order valence-electron chi connectivity index (χ2n) is 4.20. The molecule has 1 unspecified atom stereocenters. The summed E-state index contributed by atoms with van der Waals surface area (Å²) in [7, 11) is -1.59. The van der Waals surface area contributed by atoms with Gasteiger partial charge in [-0.05, 0) is 30.3 Å². The van der Waals surface area contributed by atoms with Crippen LogP contribution in [-0.4, -0.2) is 15.9 Å². The van der Waals surface area contributed by atoms with Crippen LogP contribution in [0.5, 0.6) is 0 Å². The first-order chi connectivity index (χ1) is 9.97. The van der Waals surface area contributed by atoms with Crippen molar-refractivity contribution in [3.05, 3.63) is 52.8 Å². The largest absolute Gasteiger partial charge is 0.398 e. The molecule has 0 fully saturated rings. The lowest BCUT2D eigenvalue weighted by molar-refractivity contribution is -0.113. The number of nitrogens with two attached hydrogens (primary N) is 1. The Kier molecular flexibility index (Phi) is 5.08. The molecule has 21 heavy (non-hydrogen) atoms. The summed E-state index contributed by atoms with van der Waals surface area (Å²) in [5, 5.41) is 2.38. The monoisotopic (exact) mass is 370 g/mol. The zero-order valence-corrected chi connectivity index (χ0v) is 13.2. The third kappa shape index (κ3) is 4.12. The van der Waals surface area contributed by atoms with Gasteiger partial charge in [-0.2, -0.15) is 0 Å². The molecule has 3 N–H and O–H groups in total. The molecule has 1 amide bonds. The van der Waals surface area contributed by atoms with Crippen molar-refractivity contribution in [2.45, 2.75) is 4.90 Å². The zero-order chi connectivity index (χ0) is 15.4. The molecule has 110 valence electrons. The summed E-state index contributed by atoms with van der Waals surface area (Å²) < 4.78 is 26.3. The van der Waals surface area contributed by atoms with Crippen LogP contribution in [0, 0.1) is 5.82 Å². The van der Waals surface area contributed by atoms with E-state index in [1.165, 1.54) is 18.2 Å². The lowest BCUT2D eigenvalue weighted by Gasteiger charge is -2.08. The van der Waals surface area contributed by atoms with Gasteiger partial charge in [0, 0.05) is 10.2 Å². The Balaban J connectivity index is 2.06. The molecule has 7 heteroatoms. The molecule has 0 aromatic heterocycles. The summed E-state index contributed by atoms with van der Waals surface area (Å²) in [4.78, 5) is 12.2. The number of anilines is 2. The molecule has 2 aromatic carbocycles. The Morgan fingerprint density at radius 1 is 1.29 bits per heavy atom. The van der Waals surface area contributed by atoms with E-state index in [-0.39, 0.29) is 11.4 Å². The molecule has 0 aliphatic heterocycles. The van der Waals surface area contributed by atoms with Crippen LogP contribution in [0.3, 0.4) is 0 Å². The van der Waals surface area contributed by atoms with Gasteiger partial charge >= 0.3 is 0 Å². The van der Waals surface area contributed by atoms with E-state index in [1.807, 2.05) is 0 Å². The number of carbonyl (C=O) groups is 1. The van der Waals surface area contributed by atoms with Crippen molar-refractivity contribution in [1.29, 1.82) is 0 Å². The zero-order valence-electron chi connectivity index (χ0n) is 10.8. The molecule has 0 radical (unpaired) electrons. The fourth-order valence-corrected chi connectivity index (χ4v) is 3.06. The minimum Gasteiger partial charge on any atom is -0.398 e. The fourth-order valence-electron chi connectivity index (χ4n) is 1.67. The van der Waals surface area contributed by atoms with Gasteiger partial charge in [-0.15, -0.1) is 0 Å². The van der Waals surface area contributed by atoms with Gasteiger partial charge in [0.25, 0.3) is 0 Å². The molecule has 0 heterocycles. The Bertz CT molecular complexity index is 709. The van der Waals surface area contributed by atoms with Crippen LogP contribution < -0.4 is 11.1 Å². The van der Waals surface area contributed by atoms with E-state index < -0.39 is 22.5 Å². The maximum absolute atomic E-state index is 13.4. The molecule has 2 aromatic rings. The van der Waals surface area contributed by atoms with Gasteiger partial charge in [0.2, 0.25) is 5.91 Å². The van der Waals surface area contributed by atoms with Crippen LogP contribution in [0.25, 0.3) is 0 Å². The smallest absolute Gasteiger partial charge is 0.237 e. The number of para-hydroxylation sites is 1. The second-order valence-corrected chi connectivity index (χ2v) is 6.54. The van der Waals surface area contributed by atoms with Crippen LogP contribution in [0.2, 0.25) is 0 Å². The van der Waals surface area contributed by atoms with Gasteiger partial charge in [0.1, 0.15) is 11.6 Å². The summed E-state index contributed by atoms with van der Waals surface area (Å²) >= 11 is 3.25. The third-order valence-electron chi connectivity index (χ3n) is 2.63. The van der Waals surface area contributed by atoms with Crippen LogP contribution in [-0.2, 0) is 15.6 Å². The maximum Gasteiger partial charge on any atom is 0.237 e. The Hall–Kier alpha value is -1.73. The van der Waals surface area contributed by atoms with Gasteiger partial charge in [0.15, 0.2) is 0 Å². The number of hydrogen-bond donors (Lipinski definition) is 2. The van der Waals surface area contributed by atoms with E-state index in [4.69, 9.17) is 5.73 Å². The number of hydrogen-bond acceptors (Lipinski definition) is 3. The highest BCUT2D eigenvalue weighted by Crippen LogP contribution is 2.22. The first kappa shape index (κ1) is 15.7. The van der Waals surface area contributed by atoms with Crippen LogP contribution in [0.15, 0.2) is 51.8 Å². The molecule has 0 bridgehead atoms. The number of nitrogen functional groups attached to an aromatic ring is 1. The van der Waals surface area contributed by atoms with E-state index in [9.17, 15) is 13.4 Å². The molecule has 0 saturated heterocycles. The van der Waals surface area contributed by atoms with Crippen molar-refractivity contribution < 1.29 is 13.4 Å². The van der Waals surface area contributed by atoms with Crippen molar-refractivity contribution >= 4 is 44.0 Å². The summed E-state index contributed by atoms with van der Waals surface area (Å²) in [6, 6.07) is 10.7. The van der Waals surface area contributed by atoms with Crippen molar-refractivity contribution in [3.63, 3.8) is 0 Å². The number of benzene rings is 2. The number of amides is 1. The lowest BCUT2D eigenvalue weighted by atomic mass is 10.3. The lowest BCUT2D eigenvalue weighted by Crippen LogP contribution is -2.20. The van der Waals surface area contributed by atoms with Crippen molar-refractivity contribution in [3.8, 4) is 0 Å². The summed E-state index contributed by atoms with van der Waals surface area (Å²) in [5.41, 5.74) is 6.15. The van der Waals surface area contributed by atoms with Gasteiger partial charge in [-0.25, -0.2) is 4.39 Å². The van der Waals surface area contributed by atoms with Crippen LogP contribution in [0.1, 0.15) is 0 Å². The minimum atomic E-state index is -1.59. The highest BCUT2D eigenvalue weighted by atomic mass is 79.9. The number of nitrogens with one attached hydrogen (secondary N) is 1.